The highest BCUT2D eigenvalue weighted by Crippen LogP contribution is 2.48. The molecule has 1 aliphatic rings. The van der Waals surface area contributed by atoms with E-state index in [-0.39, 0.29) is 11.2 Å². The maximum absolute atomic E-state index is 12.9. The molecule has 0 spiro atoms. The fraction of sp³-hybridized carbons (Fsp3) is 0.250. The summed E-state index contributed by atoms with van der Waals surface area (Å²) < 4.78 is 38.6. The van der Waals surface area contributed by atoms with Crippen LogP contribution in [-0.2, 0) is 11.7 Å². The van der Waals surface area contributed by atoms with Crippen LogP contribution in [0.1, 0.15) is 24.1 Å². The van der Waals surface area contributed by atoms with Crippen molar-refractivity contribution in [1.82, 2.24) is 15.0 Å². The van der Waals surface area contributed by atoms with Gasteiger partial charge in [-0.2, -0.15) is 13.2 Å². The minimum Gasteiger partial charge on any atom is -0.360 e. The SMILES string of the molecule is FC(F)(F)c1cc2c(NC3(c4ccccc4)CC3)ncnc2[nH]1. The van der Waals surface area contributed by atoms with Crippen molar-refractivity contribution in [2.75, 3.05) is 5.32 Å². The maximum Gasteiger partial charge on any atom is 0.431 e. The largest absolute Gasteiger partial charge is 0.431 e. The molecule has 3 aromatic rings. The van der Waals surface area contributed by atoms with E-state index >= 15 is 0 Å². The zero-order valence-corrected chi connectivity index (χ0v) is 12.0. The Kier molecular flexibility index (Phi) is 2.88. The molecule has 0 radical (unpaired) electrons. The Bertz CT molecular complexity index is 851. The Morgan fingerprint density at radius 1 is 1.09 bits per heavy atom. The number of alkyl halides is 3. The van der Waals surface area contributed by atoms with Crippen molar-refractivity contribution >= 4 is 16.9 Å². The fourth-order valence-electron chi connectivity index (χ4n) is 2.79. The van der Waals surface area contributed by atoms with Gasteiger partial charge in [-0.15, -0.1) is 0 Å². The van der Waals surface area contributed by atoms with E-state index in [4.69, 9.17) is 0 Å². The third kappa shape index (κ3) is 2.42. The Morgan fingerprint density at radius 2 is 1.83 bits per heavy atom. The van der Waals surface area contributed by atoms with E-state index in [0.29, 0.717) is 11.2 Å². The van der Waals surface area contributed by atoms with Crippen LogP contribution in [0.2, 0.25) is 0 Å². The lowest BCUT2D eigenvalue weighted by atomic mass is 10.1. The van der Waals surface area contributed by atoms with Gasteiger partial charge in [0.25, 0.3) is 0 Å². The van der Waals surface area contributed by atoms with Crippen LogP contribution in [0.4, 0.5) is 19.0 Å². The van der Waals surface area contributed by atoms with Crippen molar-refractivity contribution in [2.24, 2.45) is 0 Å². The zero-order chi connectivity index (χ0) is 16.1. The lowest BCUT2D eigenvalue weighted by Gasteiger charge is -2.18. The van der Waals surface area contributed by atoms with Crippen LogP contribution >= 0.6 is 0 Å². The third-order valence-electron chi connectivity index (χ3n) is 4.17. The maximum atomic E-state index is 12.9. The summed E-state index contributed by atoms with van der Waals surface area (Å²) in [7, 11) is 0. The van der Waals surface area contributed by atoms with Crippen molar-refractivity contribution in [3.8, 4) is 0 Å². The molecule has 4 rings (SSSR count). The molecule has 0 atom stereocenters. The molecule has 0 unspecified atom stereocenters. The summed E-state index contributed by atoms with van der Waals surface area (Å²) in [5.41, 5.74) is 0.218. The normalized spacial score (nSPS) is 16.5. The number of hydrogen-bond donors (Lipinski definition) is 2. The van der Waals surface area contributed by atoms with Crippen molar-refractivity contribution in [3.05, 3.63) is 54.0 Å². The molecule has 1 aromatic carbocycles. The predicted molar refractivity (Wildman–Crippen MR) is 79.9 cm³/mol. The molecule has 2 heterocycles. The number of aromatic amines is 1. The van der Waals surface area contributed by atoms with Gasteiger partial charge in [0.15, 0.2) is 0 Å². The highest BCUT2D eigenvalue weighted by atomic mass is 19.4. The van der Waals surface area contributed by atoms with E-state index in [0.717, 1.165) is 24.5 Å². The molecule has 2 N–H and O–H groups in total. The van der Waals surface area contributed by atoms with Gasteiger partial charge in [0, 0.05) is 0 Å². The molecule has 0 aliphatic heterocycles. The van der Waals surface area contributed by atoms with Gasteiger partial charge < -0.3 is 10.3 Å². The van der Waals surface area contributed by atoms with Crippen LogP contribution in [0, 0.1) is 0 Å². The predicted octanol–water partition coefficient (Wildman–Crippen LogP) is 4.08. The highest BCUT2D eigenvalue weighted by Gasteiger charge is 2.45. The Labute approximate surface area is 129 Å². The van der Waals surface area contributed by atoms with Gasteiger partial charge in [-0.3, -0.25) is 0 Å². The van der Waals surface area contributed by atoms with Gasteiger partial charge in [0.05, 0.1) is 10.9 Å². The second-order valence-electron chi connectivity index (χ2n) is 5.74. The number of fused-ring (bicyclic) bond motifs is 1. The second-order valence-corrected chi connectivity index (χ2v) is 5.74. The first-order chi connectivity index (χ1) is 11.0. The first-order valence-electron chi connectivity index (χ1n) is 7.23. The molecular weight excluding hydrogens is 305 g/mol. The molecule has 1 saturated carbocycles. The number of nitrogens with zero attached hydrogens (tertiary/aromatic N) is 2. The van der Waals surface area contributed by atoms with Crippen molar-refractivity contribution in [2.45, 2.75) is 24.6 Å². The molecule has 1 fully saturated rings. The number of aromatic nitrogens is 3. The summed E-state index contributed by atoms with van der Waals surface area (Å²) in [5, 5.41) is 3.66. The molecule has 118 valence electrons. The standard InChI is InChI=1S/C16H13F3N4/c17-16(18,19)12-8-11-13(22-12)20-9-21-14(11)23-15(6-7-15)10-4-2-1-3-5-10/h1-5,8-9H,6-7H2,(H2,20,21,22,23). The van der Waals surface area contributed by atoms with Gasteiger partial charge in [-0.1, -0.05) is 30.3 Å². The summed E-state index contributed by atoms with van der Waals surface area (Å²) in [4.78, 5) is 10.3. The van der Waals surface area contributed by atoms with E-state index in [1.165, 1.54) is 6.33 Å². The zero-order valence-electron chi connectivity index (χ0n) is 12.0. The number of hydrogen-bond acceptors (Lipinski definition) is 3. The van der Waals surface area contributed by atoms with Gasteiger partial charge in [-0.25, -0.2) is 9.97 Å². The average Bonchev–Trinajstić information content (AvgIpc) is 3.16. The molecule has 1 aliphatic carbocycles. The van der Waals surface area contributed by atoms with Gasteiger partial charge in [0.2, 0.25) is 0 Å². The van der Waals surface area contributed by atoms with Crippen LogP contribution in [0.15, 0.2) is 42.7 Å². The Morgan fingerprint density at radius 3 is 2.48 bits per heavy atom. The van der Waals surface area contributed by atoms with E-state index in [1.807, 2.05) is 30.3 Å². The molecule has 23 heavy (non-hydrogen) atoms. The van der Waals surface area contributed by atoms with E-state index in [2.05, 4.69) is 20.3 Å². The summed E-state index contributed by atoms with van der Waals surface area (Å²) in [5.74, 6) is 0.420. The number of halogens is 3. The lowest BCUT2D eigenvalue weighted by Crippen LogP contribution is -2.19. The molecule has 2 aromatic heterocycles. The van der Waals surface area contributed by atoms with Gasteiger partial charge >= 0.3 is 6.18 Å². The summed E-state index contributed by atoms with van der Waals surface area (Å²) in [6.07, 6.45) is -1.34. The average molecular weight is 318 g/mol. The van der Waals surface area contributed by atoms with E-state index in [1.54, 1.807) is 0 Å². The Hall–Kier alpha value is -2.57. The van der Waals surface area contributed by atoms with Crippen LogP contribution < -0.4 is 5.32 Å². The molecule has 0 saturated heterocycles. The topological polar surface area (TPSA) is 53.6 Å². The minimum absolute atomic E-state index is 0.179. The summed E-state index contributed by atoms with van der Waals surface area (Å²) in [6.45, 7) is 0. The monoisotopic (exact) mass is 318 g/mol. The number of rotatable bonds is 3. The van der Waals surface area contributed by atoms with Crippen LogP contribution in [0.5, 0.6) is 0 Å². The third-order valence-corrected chi connectivity index (χ3v) is 4.17. The minimum atomic E-state index is -4.44. The molecule has 4 nitrogen and oxygen atoms in total. The second kappa shape index (κ2) is 4.71. The fourth-order valence-corrected chi connectivity index (χ4v) is 2.79. The van der Waals surface area contributed by atoms with Crippen molar-refractivity contribution in [1.29, 1.82) is 0 Å². The number of H-pyrrole nitrogens is 1. The molecule has 0 bridgehead atoms. The van der Waals surface area contributed by atoms with Crippen LogP contribution in [-0.4, -0.2) is 15.0 Å². The first-order valence-corrected chi connectivity index (χ1v) is 7.23. The smallest absolute Gasteiger partial charge is 0.360 e. The number of nitrogens with one attached hydrogen (secondary N) is 2. The quantitative estimate of drug-likeness (QED) is 0.765. The van der Waals surface area contributed by atoms with Gasteiger partial charge in [0.1, 0.15) is 23.5 Å². The molecule has 0 amide bonds. The first kappa shape index (κ1) is 14.0. The van der Waals surface area contributed by atoms with Crippen molar-refractivity contribution in [3.63, 3.8) is 0 Å². The van der Waals surface area contributed by atoms with E-state index < -0.39 is 11.9 Å². The van der Waals surface area contributed by atoms with Crippen LogP contribution in [0.3, 0.4) is 0 Å². The van der Waals surface area contributed by atoms with Gasteiger partial charge in [-0.05, 0) is 24.5 Å². The van der Waals surface area contributed by atoms with Crippen LogP contribution in [0.25, 0.3) is 11.0 Å². The Balaban J connectivity index is 1.74. The van der Waals surface area contributed by atoms with E-state index in [9.17, 15) is 13.2 Å². The molecule has 7 heteroatoms. The lowest BCUT2D eigenvalue weighted by molar-refractivity contribution is -0.140. The van der Waals surface area contributed by atoms with Crippen molar-refractivity contribution < 1.29 is 13.2 Å². The summed E-state index contributed by atoms with van der Waals surface area (Å²) >= 11 is 0. The highest BCUT2D eigenvalue weighted by molar-refractivity contribution is 5.88. The summed E-state index contributed by atoms with van der Waals surface area (Å²) in [6, 6.07) is 10.9. The molecular formula is C16H13F3N4. The number of benzene rings is 1. The number of anilines is 1.